The van der Waals surface area contributed by atoms with E-state index in [-0.39, 0.29) is 68.0 Å². The van der Waals surface area contributed by atoms with Crippen LogP contribution < -0.4 is 22.9 Å². The summed E-state index contributed by atoms with van der Waals surface area (Å²) >= 11 is 0. The van der Waals surface area contributed by atoms with Gasteiger partial charge in [-0.15, -0.1) is 0 Å². The molecule has 3 atom stereocenters. The molecule has 0 aliphatic carbocycles. The Bertz CT molecular complexity index is 1200. The molecule has 13 N–H and O–H groups in total. The first-order valence-corrected chi connectivity index (χ1v) is 21.3. The molecule has 4 fully saturated rings. The van der Waals surface area contributed by atoms with Crippen LogP contribution in [0.4, 0.5) is 0 Å². The van der Waals surface area contributed by atoms with Gasteiger partial charge >= 0.3 is 0 Å². The van der Waals surface area contributed by atoms with Crippen molar-refractivity contribution in [1.82, 2.24) is 25.3 Å². The molecule has 14 heteroatoms. The summed E-state index contributed by atoms with van der Waals surface area (Å²) in [6.07, 6.45) is 6.72. The van der Waals surface area contributed by atoms with Gasteiger partial charge in [-0.2, -0.15) is 25.3 Å². The molecule has 0 aromatic heterocycles. The van der Waals surface area contributed by atoms with Crippen molar-refractivity contribution in [2.24, 2.45) is 28.9 Å². The zero-order chi connectivity index (χ0) is 46.1. The second-order valence-electron chi connectivity index (χ2n) is 23.8. The van der Waals surface area contributed by atoms with E-state index in [1.165, 1.54) is 20.3 Å². The van der Waals surface area contributed by atoms with Gasteiger partial charge in [0.1, 0.15) is 0 Å². The zero-order valence-corrected chi connectivity index (χ0v) is 41.0. The molecule has 4 aliphatic heterocycles. The summed E-state index contributed by atoms with van der Waals surface area (Å²) in [6, 6.07) is 0.330. The average molecular weight is 820 g/mol. The fourth-order valence-electron chi connectivity index (χ4n) is 9.46. The van der Waals surface area contributed by atoms with E-state index in [0.29, 0.717) is 5.92 Å². The summed E-state index contributed by atoms with van der Waals surface area (Å²) in [4.78, 5) is 0. The molecule has 344 valence electrons. The van der Waals surface area contributed by atoms with Crippen LogP contribution in [0.2, 0.25) is 0 Å². The maximum absolute atomic E-state index is 9.92. The van der Waals surface area contributed by atoms with Crippen LogP contribution >= 0.6 is 0 Å². The molecule has 4 saturated heterocycles. The van der Waals surface area contributed by atoms with Gasteiger partial charge in [-0.25, -0.2) is 0 Å². The fraction of sp³-hybridized carbons (Fsp3) is 1.00. The van der Waals surface area contributed by atoms with Crippen LogP contribution in [0.3, 0.4) is 0 Å². The van der Waals surface area contributed by atoms with Crippen LogP contribution in [0.15, 0.2) is 0 Å². The maximum atomic E-state index is 9.92. The molecule has 0 bridgehead atoms. The van der Waals surface area contributed by atoms with Gasteiger partial charge in [-0.05, 0) is 190 Å². The minimum absolute atomic E-state index is 0.0514. The molecular formula is C43H97N9O5. The highest BCUT2D eigenvalue weighted by molar-refractivity contribution is 5.05. The quantitative estimate of drug-likeness (QED) is 0.0972. The SMILES string of the molecule is CC(C)(C)N(O)C(C)(C)N.CC1(C)CC(N)C(C)(C)N1O.CC1(C)CC(N)CC(C)(C)N1O.CC1(C)CCC(N)C(C)(C)N1O.CCC1CC(C)(C)N(O)C1(C)C. The average Bonchev–Trinajstić information content (AvgIpc) is 3.27. The Morgan fingerprint density at radius 1 is 0.526 bits per heavy atom. The molecule has 0 amide bonds. The molecule has 57 heavy (non-hydrogen) atoms. The van der Waals surface area contributed by atoms with Crippen molar-refractivity contribution < 1.29 is 26.0 Å². The van der Waals surface area contributed by atoms with Gasteiger partial charge in [0.25, 0.3) is 0 Å². The Morgan fingerprint density at radius 3 is 1.07 bits per heavy atom. The molecule has 4 aliphatic rings. The lowest BCUT2D eigenvalue weighted by atomic mass is 9.79. The van der Waals surface area contributed by atoms with E-state index in [4.69, 9.17) is 22.9 Å². The highest BCUT2D eigenvalue weighted by atomic mass is 16.5. The standard InChI is InChI=1S/C10H21NO.2C9H20N2O.C8H18N2O.C7H18N2O/c1-6-8-7-9(2,3)11(12)10(8,4)5;1-8(2)5-7(10)6-9(3,4)11(8)12;1-8(2)6-5-7(10)9(3,4)11(8)12;1-7(2)5-6(9)8(3,4)10(7)11;1-6(2,3)9(10)7(4,5)8/h8,12H,6-7H2,1-5H3;2*7,12H,5-6,10H2,1-4H3;6,11H,5,9H2,1-4H3;10H,8H2,1-5H3. The zero-order valence-electron chi connectivity index (χ0n) is 41.0. The van der Waals surface area contributed by atoms with Crippen LogP contribution in [0, 0.1) is 5.92 Å². The van der Waals surface area contributed by atoms with Crippen molar-refractivity contribution in [2.45, 2.75) is 271 Å². The van der Waals surface area contributed by atoms with Crippen LogP contribution in [0.1, 0.15) is 197 Å². The normalized spacial score (nSPS) is 30.4. The van der Waals surface area contributed by atoms with E-state index in [1.807, 2.05) is 104 Å². The molecule has 14 nitrogen and oxygen atoms in total. The predicted molar refractivity (Wildman–Crippen MR) is 234 cm³/mol. The molecule has 4 heterocycles. The van der Waals surface area contributed by atoms with E-state index in [1.54, 1.807) is 13.8 Å². The molecular weight excluding hydrogens is 723 g/mol. The monoisotopic (exact) mass is 820 g/mol. The first kappa shape index (κ1) is 56.4. The number of hydrogen-bond acceptors (Lipinski definition) is 14. The molecule has 0 aromatic rings. The van der Waals surface area contributed by atoms with E-state index in [0.717, 1.165) is 50.0 Å². The number of nitrogens with two attached hydrogens (primary N) is 4. The highest BCUT2D eigenvalue weighted by Gasteiger charge is 2.51. The Balaban J connectivity index is 0.000000689. The van der Waals surface area contributed by atoms with Crippen molar-refractivity contribution >= 4 is 0 Å². The van der Waals surface area contributed by atoms with Crippen LogP contribution in [0.5, 0.6) is 0 Å². The molecule has 0 radical (unpaired) electrons. The van der Waals surface area contributed by atoms with Gasteiger partial charge in [-0.3, -0.25) is 0 Å². The summed E-state index contributed by atoms with van der Waals surface area (Å²) in [5, 5.41) is 55.7. The second kappa shape index (κ2) is 18.8. The molecule has 3 unspecified atom stereocenters. The molecule has 0 spiro atoms. The van der Waals surface area contributed by atoms with E-state index >= 15 is 0 Å². The third-order valence-electron chi connectivity index (χ3n) is 13.0. The number of hydrogen-bond donors (Lipinski definition) is 9. The van der Waals surface area contributed by atoms with Crippen molar-refractivity contribution in [1.29, 1.82) is 0 Å². The van der Waals surface area contributed by atoms with Crippen molar-refractivity contribution in [2.75, 3.05) is 0 Å². The van der Waals surface area contributed by atoms with Gasteiger partial charge in [0.05, 0.1) is 16.7 Å². The Kier molecular flexibility index (Phi) is 18.6. The van der Waals surface area contributed by atoms with Gasteiger partial charge in [0.2, 0.25) is 0 Å². The minimum Gasteiger partial charge on any atom is -0.328 e. The van der Waals surface area contributed by atoms with Crippen molar-refractivity contribution in [3.05, 3.63) is 0 Å². The summed E-state index contributed by atoms with van der Waals surface area (Å²) in [7, 11) is 0. The van der Waals surface area contributed by atoms with E-state index in [9.17, 15) is 26.0 Å². The van der Waals surface area contributed by atoms with E-state index in [2.05, 4.69) is 34.6 Å². The van der Waals surface area contributed by atoms with Gasteiger partial charge in [0, 0.05) is 56.9 Å². The van der Waals surface area contributed by atoms with Gasteiger partial charge in [-0.1, -0.05) is 13.3 Å². The Labute approximate surface area is 350 Å². The molecule has 0 aromatic carbocycles. The van der Waals surface area contributed by atoms with Gasteiger partial charge < -0.3 is 49.0 Å². The van der Waals surface area contributed by atoms with Crippen molar-refractivity contribution in [3.8, 4) is 0 Å². The van der Waals surface area contributed by atoms with Crippen molar-refractivity contribution in [3.63, 3.8) is 0 Å². The molecule has 4 rings (SSSR count). The number of nitrogens with zero attached hydrogens (tertiary/aromatic N) is 5. The highest BCUT2D eigenvalue weighted by Crippen LogP contribution is 2.45. The smallest absolute Gasteiger partial charge is 0.0874 e. The fourth-order valence-corrected chi connectivity index (χ4v) is 9.46. The number of rotatable bonds is 2. The molecule has 0 saturated carbocycles. The van der Waals surface area contributed by atoms with Gasteiger partial charge in [0.15, 0.2) is 0 Å². The third-order valence-corrected chi connectivity index (χ3v) is 13.0. The van der Waals surface area contributed by atoms with Crippen LogP contribution in [0.25, 0.3) is 0 Å². The first-order chi connectivity index (χ1) is 24.8. The number of hydroxylamine groups is 10. The summed E-state index contributed by atoms with van der Waals surface area (Å²) in [5.41, 5.74) is 21.0. The summed E-state index contributed by atoms with van der Waals surface area (Å²) < 4.78 is 0. The summed E-state index contributed by atoms with van der Waals surface area (Å²) in [6.45, 7) is 44.0. The minimum atomic E-state index is -0.668. The topological polar surface area (TPSA) is 221 Å². The lowest BCUT2D eigenvalue weighted by Crippen LogP contribution is -2.65. The second-order valence-corrected chi connectivity index (χ2v) is 23.8. The summed E-state index contributed by atoms with van der Waals surface area (Å²) in [5.74, 6) is 0.609. The Morgan fingerprint density at radius 2 is 0.860 bits per heavy atom. The van der Waals surface area contributed by atoms with E-state index < -0.39 is 5.66 Å². The lowest BCUT2D eigenvalue weighted by molar-refractivity contribution is -0.246. The van der Waals surface area contributed by atoms with Crippen LogP contribution in [-0.4, -0.2) is 125 Å². The predicted octanol–water partition coefficient (Wildman–Crippen LogP) is 7.51. The lowest BCUT2D eigenvalue weighted by Gasteiger charge is -2.51. The maximum Gasteiger partial charge on any atom is 0.0874 e. The first-order valence-electron chi connectivity index (χ1n) is 21.3. The third kappa shape index (κ3) is 14.2. The Hall–Kier alpha value is -0.560. The number of piperidine rings is 2. The van der Waals surface area contributed by atoms with Crippen LogP contribution in [-0.2, 0) is 0 Å². The largest absolute Gasteiger partial charge is 0.328 e.